The number of hydrogen-bond donors (Lipinski definition) is 1. The standard InChI is InChI=1S/C15H17N5OS3/c1-3-20-12(18-19-14(20)23-9(2)13(16)21)8-22-15-17-10-6-4-5-7-11(10)24-15/h4-7,9H,3,8H2,1-2H3,(H2,16,21)/t9-/m0/s1. The number of benzene rings is 1. The Morgan fingerprint density at radius 1 is 1.38 bits per heavy atom. The number of aromatic nitrogens is 4. The van der Waals surface area contributed by atoms with Crippen LogP contribution >= 0.6 is 34.9 Å². The minimum atomic E-state index is -0.351. The monoisotopic (exact) mass is 379 g/mol. The van der Waals surface area contributed by atoms with E-state index in [0.717, 1.165) is 27.4 Å². The van der Waals surface area contributed by atoms with Crippen molar-refractivity contribution >= 4 is 51.0 Å². The molecule has 6 nitrogen and oxygen atoms in total. The topological polar surface area (TPSA) is 86.7 Å². The van der Waals surface area contributed by atoms with Crippen molar-refractivity contribution in [1.29, 1.82) is 0 Å². The van der Waals surface area contributed by atoms with E-state index in [1.54, 1.807) is 30.0 Å². The first-order valence-electron chi connectivity index (χ1n) is 7.45. The summed E-state index contributed by atoms with van der Waals surface area (Å²) in [5, 5.41) is 8.86. The normalized spacial score (nSPS) is 12.6. The van der Waals surface area contributed by atoms with Crippen LogP contribution in [0.3, 0.4) is 0 Å². The molecule has 0 unspecified atom stereocenters. The second kappa shape index (κ2) is 7.54. The summed E-state index contributed by atoms with van der Waals surface area (Å²) in [5.74, 6) is 1.21. The summed E-state index contributed by atoms with van der Waals surface area (Å²) in [4.78, 5) is 15.9. The number of carbonyl (C=O) groups is 1. The quantitative estimate of drug-likeness (QED) is 0.635. The maximum absolute atomic E-state index is 11.2. The molecule has 0 saturated heterocycles. The molecule has 0 saturated carbocycles. The zero-order valence-electron chi connectivity index (χ0n) is 13.3. The third kappa shape index (κ3) is 3.73. The highest BCUT2D eigenvalue weighted by atomic mass is 32.2. The number of primary amides is 1. The molecule has 0 bridgehead atoms. The van der Waals surface area contributed by atoms with Crippen LogP contribution in [0.4, 0.5) is 0 Å². The van der Waals surface area contributed by atoms with Gasteiger partial charge >= 0.3 is 0 Å². The number of hydrogen-bond acceptors (Lipinski definition) is 7. The van der Waals surface area contributed by atoms with Crippen LogP contribution < -0.4 is 5.73 Å². The molecule has 1 amide bonds. The Morgan fingerprint density at radius 3 is 2.88 bits per heavy atom. The first-order chi connectivity index (χ1) is 11.6. The number of carbonyl (C=O) groups excluding carboxylic acids is 1. The van der Waals surface area contributed by atoms with E-state index in [1.807, 2.05) is 29.7 Å². The van der Waals surface area contributed by atoms with Gasteiger partial charge in [-0.25, -0.2) is 4.98 Å². The van der Waals surface area contributed by atoms with Crippen molar-refractivity contribution in [3.05, 3.63) is 30.1 Å². The molecule has 2 N–H and O–H groups in total. The van der Waals surface area contributed by atoms with Gasteiger partial charge in [0.2, 0.25) is 5.91 Å². The van der Waals surface area contributed by atoms with Gasteiger partial charge in [0.05, 0.1) is 21.2 Å². The molecule has 0 fully saturated rings. The number of fused-ring (bicyclic) bond motifs is 1. The van der Waals surface area contributed by atoms with E-state index in [2.05, 4.69) is 21.2 Å². The minimum Gasteiger partial charge on any atom is -0.369 e. The summed E-state index contributed by atoms with van der Waals surface area (Å²) in [6, 6.07) is 8.11. The van der Waals surface area contributed by atoms with Gasteiger partial charge in [-0.1, -0.05) is 35.7 Å². The predicted octanol–water partition coefficient (Wildman–Crippen LogP) is 3.17. The van der Waals surface area contributed by atoms with Crippen molar-refractivity contribution < 1.29 is 4.79 Å². The molecule has 3 aromatic rings. The van der Waals surface area contributed by atoms with E-state index >= 15 is 0 Å². The van der Waals surface area contributed by atoms with Crippen molar-refractivity contribution in [1.82, 2.24) is 19.7 Å². The Hall–Kier alpha value is -1.58. The molecular formula is C15H17N5OS3. The molecule has 0 aliphatic carbocycles. The number of rotatable bonds is 7. The van der Waals surface area contributed by atoms with Gasteiger partial charge in [0, 0.05) is 6.54 Å². The Labute approximate surface area is 152 Å². The van der Waals surface area contributed by atoms with Gasteiger partial charge in [-0.15, -0.1) is 21.5 Å². The fourth-order valence-electron chi connectivity index (χ4n) is 2.09. The van der Waals surface area contributed by atoms with Gasteiger partial charge in [-0.2, -0.15) is 0 Å². The van der Waals surface area contributed by atoms with Crippen LogP contribution in [-0.2, 0) is 17.1 Å². The Balaban J connectivity index is 1.72. The number of nitrogens with zero attached hydrogens (tertiary/aromatic N) is 4. The highest BCUT2D eigenvalue weighted by Crippen LogP contribution is 2.32. The molecule has 3 rings (SSSR count). The lowest BCUT2D eigenvalue weighted by atomic mass is 10.3. The number of nitrogens with two attached hydrogens (primary N) is 1. The van der Waals surface area contributed by atoms with Crippen molar-refractivity contribution in [3.63, 3.8) is 0 Å². The van der Waals surface area contributed by atoms with Crippen LogP contribution in [0.2, 0.25) is 0 Å². The zero-order valence-corrected chi connectivity index (χ0v) is 15.7. The Bertz CT molecular complexity index is 827. The average Bonchev–Trinajstić information content (AvgIpc) is 3.15. The largest absolute Gasteiger partial charge is 0.369 e. The van der Waals surface area contributed by atoms with Gasteiger partial charge in [0.1, 0.15) is 5.82 Å². The predicted molar refractivity (Wildman–Crippen MR) is 99.4 cm³/mol. The third-order valence-corrected chi connectivity index (χ3v) is 6.67. The molecule has 0 aliphatic heterocycles. The molecule has 1 atom stereocenters. The number of para-hydroxylation sites is 1. The van der Waals surface area contributed by atoms with E-state index in [9.17, 15) is 4.79 Å². The van der Waals surface area contributed by atoms with Crippen molar-refractivity contribution in [2.45, 2.75) is 40.9 Å². The molecule has 0 radical (unpaired) electrons. The lowest BCUT2D eigenvalue weighted by Gasteiger charge is -2.09. The molecule has 9 heteroatoms. The smallest absolute Gasteiger partial charge is 0.230 e. The fourth-order valence-corrected chi connectivity index (χ4v) is 4.98. The molecule has 0 aliphatic rings. The van der Waals surface area contributed by atoms with Gasteiger partial charge in [0.25, 0.3) is 0 Å². The number of thioether (sulfide) groups is 2. The van der Waals surface area contributed by atoms with Crippen LogP contribution in [-0.4, -0.2) is 30.9 Å². The first-order valence-corrected chi connectivity index (χ1v) is 10.1. The molecular weight excluding hydrogens is 362 g/mol. The first kappa shape index (κ1) is 17.2. The molecule has 2 aromatic heterocycles. The molecule has 0 spiro atoms. The van der Waals surface area contributed by atoms with Crippen LogP contribution in [0.1, 0.15) is 19.7 Å². The summed E-state index contributed by atoms with van der Waals surface area (Å²) in [7, 11) is 0. The third-order valence-electron chi connectivity index (χ3n) is 3.39. The number of amides is 1. The molecule has 1 aromatic carbocycles. The second-order valence-corrected chi connectivity index (χ2v) is 8.60. The van der Waals surface area contributed by atoms with Gasteiger partial charge in [0.15, 0.2) is 9.50 Å². The zero-order chi connectivity index (χ0) is 17.1. The van der Waals surface area contributed by atoms with Gasteiger partial charge in [-0.3, -0.25) is 4.79 Å². The van der Waals surface area contributed by atoms with E-state index in [0.29, 0.717) is 5.75 Å². The summed E-state index contributed by atoms with van der Waals surface area (Å²) >= 11 is 4.67. The maximum atomic E-state index is 11.2. The van der Waals surface area contributed by atoms with Crippen LogP contribution in [0, 0.1) is 0 Å². The van der Waals surface area contributed by atoms with E-state index in [-0.39, 0.29) is 11.2 Å². The average molecular weight is 380 g/mol. The fraction of sp³-hybridized carbons (Fsp3) is 0.333. The lowest BCUT2D eigenvalue weighted by molar-refractivity contribution is -0.117. The van der Waals surface area contributed by atoms with E-state index in [4.69, 9.17) is 5.73 Å². The Morgan fingerprint density at radius 2 is 2.17 bits per heavy atom. The van der Waals surface area contributed by atoms with Crippen LogP contribution in [0.15, 0.2) is 33.8 Å². The van der Waals surface area contributed by atoms with Crippen LogP contribution in [0.5, 0.6) is 0 Å². The maximum Gasteiger partial charge on any atom is 0.230 e. The minimum absolute atomic E-state index is 0.329. The second-order valence-electron chi connectivity index (χ2n) is 5.04. The summed E-state index contributed by atoms with van der Waals surface area (Å²) in [5.41, 5.74) is 6.35. The van der Waals surface area contributed by atoms with E-state index in [1.165, 1.54) is 16.5 Å². The summed E-state index contributed by atoms with van der Waals surface area (Å²) < 4.78 is 4.22. The SMILES string of the molecule is CCn1c(CSc2nc3ccccc3s2)nnc1S[C@@H](C)C(N)=O. The van der Waals surface area contributed by atoms with Crippen molar-refractivity contribution in [2.24, 2.45) is 5.73 Å². The molecule has 2 heterocycles. The number of thiazole rings is 1. The summed E-state index contributed by atoms with van der Waals surface area (Å²) in [6.45, 7) is 4.56. The Kier molecular flexibility index (Phi) is 5.42. The van der Waals surface area contributed by atoms with Gasteiger partial charge in [-0.05, 0) is 26.0 Å². The highest BCUT2D eigenvalue weighted by Gasteiger charge is 2.18. The van der Waals surface area contributed by atoms with Crippen molar-refractivity contribution in [3.8, 4) is 0 Å². The van der Waals surface area contributed by atoms with Gasteiger partial charge < -0.3 is 10.3 Å². The molecule has 24 heavy (non-hydrogen) atoms. The highest BCUT2D eigenvalue weighted by molar-refractivity contribution is 8.00. The van der Waals surface area contributed by atoms with Crippen LogP contribution in [0.25, 0.3) is 10.2 Å². The van der Waals surface area contributed by atoms with E-state index < -0.39 is 0 Å². The lowest BCUT2D eigenvalue weighted by Crippen LogP contribution is -2.23. The molecule has 126 valence electrons. The van der Waals surface area contributed by atoms with Crippen molar-refractivity contribution in [2.75, 3.05) is 0 Å². The summed E-state index contributed by atoms with van der Waals surface area (Å²) in [6.07, 6.45) is 0.